The van der Waals surface area contributed by atoms with E-state index in [1.165, 1.54) is 0 Å². The summed E-state index contributed by atoms with van der Waals surface area (Å²) in [5, 5.41) is 6.65. The smallest absolute Gasteiger partial charge is 0.355 e. The molecule has 6 nitrogen and oxygen atoms in total. The molecule has 0 bridgehead atoms. The van der Waals surface area contributed by atoms with Crippen molar-refractivity contribution in [1.29, 1.82) is 0 Å². The third-order valence-electron chi connectivity index (χ3n) is 3.02. The SMILES string of the molecule is Cc1nc(COC(=O)c2cccn2-c2cccc(I)c2)n[nH]1. The van der Waals surface area contributed by atoms with Gasteiger partial charge in [-0.3, -0.25) is 5.10 Å². The van der Waals surface area contributed by atoms with Crippen LogP contribution in [-0.2, 0) is 11.3 Å². The number of nitrogens with zero attached hydrogens (tertiary/aromatic N) is 3. The van der Waals surface area contributed by atoms with Crippen LogP contribution in [0.4, 0.5) is 0 Å². The number of aryl methyl sites for hydroxylation is 1. The number of ether oxygens (including phenoxy) is 1. The molecule has 0 spiro atoms. The maximum Gasteiger partial charge on any atom is 0.355 e. The van der Waals surface area contributed by atoms with Crippen molar-refractivity contribution in [3.05, 3.63) is 63.5 Å². The molecular formula is C15H13IN4O2. The highest BCUT2D eigenvalue weighted by Gasteiger charge is 2.14. The Bertz CT molecular complexity index is 809. The van der Waals surface area contributed by atoms with Crippen molar-refractivity contribution in [2.24, 2.45) is 0 Å². The van der Waals surface area contributed by atoms with Crippen LogP contribution >= 0.6 is 22.6 Å². The van der Waals surface area contributed by atoms with E-state index in [1.807, 2.05) is 36.5 Å². The fraction of sp³-hybridized carbons (Fsp3) is 0.133. The van der Waals surface area contributed by atoms with Gasteiger partial charge in [-0.15, -0.1) is 0 Å². The number of rotatable bonds is 4. The monoisotopic (exact) mass is 408 g/mol. The van der Waals surface area contributed by atoms with Crippen molar-refractivity contribution in [3.8, 4) is 5.69 Å². The second-order valence-electron chi connectivity index (χ2n) is 4.66. The number of halogens is 1. The van der Waals surface area contributed by atoms with Crippen LogP contribution in [0.2, 0.25) is 0 Å². The van der Waals surface area contributed by atoms with Crippen LogP contribution in [0.3, 0.4) is 0 Å². The molecule has 22 heavy (non-hydrogen) atoms. The Hall–Kier alpha value is -2.16. The van der Waals surface area contributed by atoms with Gasteiger partial charge >= 0.3 is 5.97 Å². The van der Waals surface area contributed by atoms with Crippen LogP contribution < -0.4 is 0 Å². The summed E-state index contributed by atoms with van der Waals surface area (Å²) in [4.78, 5) is 16.4. The van der Waals surface area contributed by atoms with Crippen LogP contribution in [0.15, 0.2) is 42.6 Å². The van der Waals surface area contributed by atoms with Crippen molar-refractivity contribution in [3.63, 3.8) is 0 Å². The number of benzene rings is 1. The number of hydrogen-bond acceptors (Lipinski definition) is 4. The van der Waals surface area contributed by atoms with Crippen LogP contribution in [-0.4, -0.2) is 25.7 Å². The normalized spacial score (nSPS) is 10.6. The summed E-state index contributed by atoms with van der Waals surface area (Å²) in [6, 6.07) is 11.4. The van der Waals surface area contributed by atoms with Gasteiger partial charge in [-0.2, -0.15) is 5.10 Å². The van der Waals surface area contributed by atoms with Crippen LogP contribution in [0.25, 0.3) is 5.69 Å². The zero-order chi connectivity index (χ0) is 15.5. The zero-order valence-electron chi connectivity index (χ0n) is 11.8. The van der Waals surface area contributed by atoms with Crippen LogP contribution in [0, 0.1) is 10.5 Å². The maximum atomic E-state index is 12.3. The summed E-state index contributed by atoms with van der Waals surface area (Å²) in [6.07, 6.45) is 1.83. The molecule has 2 heterocycles. The van der Waals surface area contributed by atoms with Gasteiger partial charge in [0, 0.05) is 15.5 Å². The van der Waals surface area contributed by atoms with Gasteiger partial charge in [0.2, 0.25) is 0 Å². The lowest BCUT2D eigenvalue weighted by molar-refractivity contribution is 0.0453. The molecule has 3 rings (SSSR count). The van der Waals surface area contributed by atoms with Crippen molar-refractivity contribution < 1.29 is 9.53 Å². The van der Waals surface area contributed by atoms with E-state index in [4.69, 9.17) is 4.74 Å². The summed E-state index contributed by atoms with van der Waals surface area (Å²) < 4.78 is 8.17. The number of aromatic amines is 1. The average molecular weight is 408 g/mol. The highest BCUT2D eigenvalue weighted by molar-refractivity contribution is 14.1. The Kier molecular flexibility index (Phi) is 4.23. The number of aromatic nitrogens is 4. The van der Waals surface area contributed by atoms with Gasteiger partial charge in [-0.05, 0) is 59.8 Å². The third kappa shape index (κ3) is 3.19. The summed E-state index contributed by atoms with van der Waals surface area (Å²) in [5.74, 6) is 0.734. The van der Waals surface area contributed by atoms with Gasteiger partial charge in [0.25, 0.3) is 0 Å². The van der Waals surface area contributed by atoms with Crippen molar-refractivity contribution in [2.45, 2.75) is 13.5 Å². The van der Waals surface area contributed by atoms with Gasteiger partial charge in [0.1, 0.15) is 11.5 Å². The standard InChI is InChI=1S/C15H13IN4O2/c1-10-17-14(19-18-10)9-22-15(21)13-6-3-7-20(13)12-5-2-4-11(16)8-12/h2-8H,9H2,1H3,(H,17,18,19). The van der Waals surface area contributed by atoms with Gasteiger partial charge < -0.3 is 9.30 Å². The number of carbonyl (C=O) groups is 1. The fourth-order valence-corrected chi connectivity index (χ4v) is 2.58. The van der Waals surface area contributed by atoms with Crippen molar-refractivity contribution in [2.75, 3.05) is 0 Å². The first-order chi connectivity index (χ1) is 10.6. The van der Waals surface area contributed by atoms with Crippen molar-refractivity contribution in [1.82, 2.24) is 19.7 Å². The van der Waals surface area contributed by atoms with E-state index in [9.17, 15) is 4.79 Å². The zero-order valence-corrected chi connectivity index (χ0v) is 13.9. The minimum atomic E-state index is -0.411. The quantitative estimate of drug-likeness (QED) is 0.533. The topological polar surface area (TPSA) is 72.8 Å². The number of nitrogens with one attached hydrogen (secondary N) is 1. The molecule has 0 atom stereocenters. The van der Waals surface area contributed by atoms with E-state index >= 15 is 0 Å². The lowest BCUT2D eigenvalue weighted by Gasteiger charge is -2.09. The summed E-state index contributed by atoms with van der Waals surface area (Å²) in [6.45, 7) is 1.83. The molecule has 0 aliphatic rings. The van der Waals surface area contributed by atoms with E-state index in [1.54, 1.807) is 17.6 Å². The summed E-state index contributed by atoms with van der Waals surface area (Å²) >= 11 is 2.24. The third-order valence-corrected chi connectivity index (χ3v) is 3.69. The molecule has 1 N–H and O–H groups in total. The molecular weight excluding hydrogens is 395 g/mol. The Balaban J connectivity index is 1.78. The van der Waals surface area contributed by atoms with E-state index in [0.717, 1.165) is 9.26 Å². The second-order valence-corrected chi connectivity index (χ2v) is 5.90. The first kappa shape index (κ1) is 14.8. The molecule has 0 amide bonds. The molecule has 0 saturated heterocycles. The summed E-state index contributed by atoms with van der Waals surface area (Å²) in [7, 11) is 0. The van der Waals surface area contributed by atoms with Gasteiger partial charge in [0.15, 0.2) is 12.4 Å². The predicted molar refractivity (Wildman–Crippen MR) is 88.7 cm³/mol. The number of esters is 1. The van der Waals surface area contributed by atoms with Crippen LogP contribution in [0.1, 0.15) is 22.1 Å². The number of carbonyl (C=O) groups excluding carboxylic acids is 1. The maximum absolute atomic E-state index is 12.3. The summed E-state index contributed by atoms with van der Waals surface area (Å²) in [5.41, 5.74) is 1.38. The minimum Gasteiger partial charge on any atom is -0.453 e. The molecule has 2 aromatic heterocycles. The molecule has 112 valence electrons. The molecule has 0 unspecified atom stereocenters. The Labute approximate surface area is 140 Å². The highest BCUT2D eigenvalue weighted by Crippen LogP contribution is 2.16. The van der Waals surface area contributed by atoms with Crippen LogP contribution in [0.5, 0.6) is 0 Å². The number of H-pyrrole nitrogens is 1. The molecule has 3 aromatic rings. The molecule has 7 heteroatoms. The fourth-order valence-electron chi connectivity index (χ4n) is 2.06. The molecule has 0 saturated carbocycles. The molecule has 1 aromatic carbocycles. The minimum absolute atomic E-state index is 0.0423. The first-order valence-corrected chi connectivity index (χ1v) is 7.69. The largest absolute Gasteiger partial charge is 0.453 e. The predicted octanol–water partition coefficient (Wildman–Crippen LogP) is 2.87. The van der Waals surface area contributed by atoms with E-state index in [2.05, 4.69) is 37.8 Å². The highest BCUT2D eigenvalue weighted by atomic mass is 127. The molecule has 0 radical (unpaired) electrons. The first-order valence-electron chi connectivity index (χ1n) is 6.62. The molecule has 0 aliphatic heterocycles. The molecule has 0 aliphatic carbocycles. The van der Waals surface area contributed by atoms with E-state index in [-0.39, 0.29) is 6.61 Å². The molecule has 0 fully saturated rings. The Morgan fingerprint density at radius 2 is 2.23 bits per heavy atom. The van der Waals surface area contributed by atoms with Crippen molar-refractivity contribution >= 4 is 28.6 Å². The van der Waals surface area contributed by atoms with E-state index in [0.29, 0.717) is 17.3 Å². The van der Waals surface area contributed by atoms with Gasteiger partial charge in [0.05, 0.1) is 0 Å². The average Bonchev–Trinajstić information content (AvgIpc) is 3.13. The lowest BCUT2D eigenvalue weighted by Crippen LogP contribution is -2.11. The van der Waals surface area contributed by atoms with Gasteiger partial charge in [-0.1, -0.05) is 6.07 Å². The number of hydrogen-bond donors (Lipinski definition) is 1. The second kappa shape index (κ2) is 6.30. The lowest BCUT2D eigenvalue weighted by atomic mass is 10.3. The Morgan fingerprint density at radius 1 is 1.36 bits per heavy atom. The Morgan fingerprint density at radius 3 is 2.95 bits per heavy atom. The van der Waals surface area contributed by atoms with Gasteiger partial charge in [-0.25, -0.2) is 9.78 Å². The van der Waals surface area contributed by atoms with E-state index < -0.39 is 5.97 Å².